The van der Waals surface area contributed by atoms with Crippen molar-refractivity contribution in [1.29, 1.82) is 0 Å². The SMILES string of the molecule is NS(=O)(=O)c1ccc(Nc2ncc(C(F)(F)F)c(OC3CCCCCC3O)n2)cc1. The van der Waals surface area contributed by atoms with E-state index >= 15 is 0 Å². The number of nitrogens with one attached hydrogen (secondary N) is 1. The highest BCUT2D eigenvalue weighted by molar-refractivity contribution is 7.89. The lowest BCUT2D eigenvalue weighted by molar-refractivity contribution is -0.140. The van der Waals surface area contributed by atoms with Crippen molar-refractivity contribution in [2.24, 2.45) is 5.14 Å². The topological polar surface area (TPSA) is 127 Å². The van der Waals surface area contributed by atoms with Crippen LogP contribution < -0.4 is 15.2 Å². The third-order valence-electron chi connectivity index (χ3n) is 4.68. The van der Waals surface area contributed by atoms with Crippen molar-refractivity contribution in [3.63, 3.8) is 0 Å². The molecule has 8 nitrogen and oxygen atoms in total. The summed E-state index contributed by atoms with van der Waals surface area (Å²) in [5, 5.41) is 17.9. The van der Waals surface area contributed by atoms with E-state index in [0.717, 1.165) is 19.3 Å². The molecule has 0 saturated heterocycles. The minimum Gasteiger partial charge on any atom is -0.471 e. The molecule has 12 heteroatoms. The van der Waals surface area contributed by atoms with E-state index in [-0.39, 0.29) is 10.8 Å². The molecule has 1 aromatic heterocycles. The number of primary sulfonamides is 1. The number of halogens is 3. The second-order valence-electron chi connectivity index (χ2n) is 6.97. The third-order valence-corrected chi connectivity index (χ3v) is 5.61. The van der Waals surface area contributed by atoms with E-state index in [9.17, 15) is 26.7 Å². The predicted octanol–water partition coefficient (Wildman–Crippen LogP) is 2.96. The van der Waals surface area contributed by atoms with Gasteiger partial charge in [0.15, 0.2) is 0 Å². The monoisotopic (exact) mass is 446 g/mol. The first-order valence-corrected chi connectivity index (χ1v) is 10.8. The quantitative estimate of drug-likeness (QED) is 0.603. The van der Waals surface area contributed by atoms with Gasteiger partial charge in [-0.1, -0.05) is 12.8 Å². The maximum atomic E-state index is 13.4. The van der Waals surface area contributed by atoms with Gasteiger partial charge < -0.3 is 15.2 Å². The number of hydrogen-bond acceptors (Lipinski definition) is 7. The molecular formula is C18H21F3N4O4S. The van der Waals surface area contributed by atoms with E-state index in [0.29, 0.717) is 24.7 Å². The van der Waals surface area contributed by atoms with Crippen molar-refractivity contribution >= 4 is 21.7 Å². The summed E-state index contributed by atoms with van der Waals surface area (Å²) in [6, 6.07) is 5.22. The minimum atomic E-state index is -4.74. The summed E-state index contributed by atoms with van der Waals surface area (Å²) < 4.78 is 68.3. The first-order valence-electron chi connectivity index (χ1n) is 9.23. The second-order valence-corrected chi connectivity index (χ2v) is 8.53. The number of aliphatic hydroxyl groups excluding tert-OH is 1. The smallest absolute Gasteiger partial charge is 0.423 e. The Bertz CT molecular complexity index is 984. The first kappa shape index (κ1) is 22.2. The molecule has 1 aromatic carbocycles. The molecule has 2 aromatic rings. The molecule has 0 bridgehead atoms. The van der Waals surface area contributed by atoms with E-state index in [2.05, 4.69) is 15.3 Å². The molecule has 0 amide bonds. The molecule has 0 aliphatic heterocycles. The number of nitrogens with zero attached hydrogens (tertiary/aromatic N) is 2. The Morgan fingerprint density at radius 3 is 2.43 bits per heavy atom. The molecule has 30 heavy (non-hydrogen) atoms. The standard InChI is InChI=1S/C18H21F3N4O4S/c19-18(20,21)13-10-23-17(24-11-6-8-12(9-7-11)30(22,27)28)25-16(13)29-15-5-3-1-2-4-14(15)26/h6-10,14-15,26H,1-5H2,(H2,22,27,28)(H,23,24,25). The van der Waals surface area contributed by atoms with Crippen molar-refractivity contribution < 1.29 is 31.4 Å². The zero-order valence-electron chi connectivity index (χ0n) is 15.8. The normalized spacial score (nSPS) is 20.4. The van der Waals surface area contributed by atoms with Crippen LogP contribution in [0, 0.1) is 0 Å². The number of nitrogens with two attached hydrogens (primary N) is 1. The van der Waals surface area contributed by atoms with Crippen molar-refractivity contribution in [3.8, 4) is 5.88 Å². The summed E-state index contributed by atoms with van der Waals surface area (Å²) in [5.74, 6) is -0.850. The number of aromatic nitrogens is 2. The van der Waals surface area contributed by atoms with Crippen molar-refractivity contribution in [2.45, 2.75) is 55.4 Å². The van der Waals surface area contributed by atoms with Gasteiger partial charge in [-0.2, -0.15) is 18.2 Å². The molecular weight excluding hydrogens is 425 g/mol. The van der Waals surface area contributed by atoms with E-state index in [1.165, 1.54) is 24.3 Å². The molecule has 0 radical (unpaired) electrons. The molecule has 3 rings (SSSR count). The highest BCUT2D eigenvalue weighted by Crippen LogP contribution is 2.36. The highest BCUT2D eigenvalue weighted by Gasteiger charge is 2.37. The molecule has 4 N–H and O–H groups in total. The maximum Gasteiger partial charge on any atom is 0.423 e. The van der Waals surface area contributed by atoms with Crippen molar-refractivity contribution in [1.82, 2.24) is 9.97 Å². The Balaban J connectivity index is 1.86. The molecule has 1 saturated carbocycles. The van der Waals surface area contributed by atoms with E-state index < -0.39 is 39.9 Å². The van der Waals surface area contributed by atoms with E-state index in [4.69, 9.17) is 9.88 Å². The lowest BCUT2D eigenvalue weighted by atomic mass is 10.1. The highest BCUT2D eigenvalue weighted by atomic mass is 32.2. The lowest BCUT2D eigenvalue weighted by Crippen LogP contribution is -2.31. The largest absolute Gasteiger partial charge is 0.471 e. The number of sulfonamides is 1. The number of ether oxygens (including phenoxy) is 1. The minimum absolute atomic E-state index is 0.118. The summed E-state index contributed by atoms with van der Waals surface area (Å²) >= 11 is 0. The van der Waals surface area contributed by atoms with Crippen LogP contribution in [-0.4, -0.2) is 35.7 Å². The van der Waals surface area contributed by atoms with Gasteiger partial charge in [-0.05, 0) is 43.5 Å². The van der Waals surface area contributed by atoms with Gasteiger partial charge in [-0.15, -0.1) is 0 Å². The van der Waals surface area contributed by atoms with Crippen LogP contribution in [0.15, 0.2) is 35.4 Å². The van der Waals surface area contributed by atoms with Crippen LogP contribution in [0.2, 0.25) is 0 Å². The van der Waals surface area contributed by atoms with Crippen LogP contribution in [0.4, 0.5) is 24.8 Å². The molecule has 2 atom stereocenters. The lowest BCUT2D eigenvalue weighted by Gasteiger charge is -2.23. The predicted molar refractivity (Wildman–Crippen MR) is 102 cm³/mol. The van der Waals surface area contributed by atoms with Crippen molar-refractivity contribution in [2.75, 3.05) is 5.32 Å². The van der Waals surface area contributed by atoms with Gasteiger partial charge in [0.25, 0.3) is 0 Å². The molecule has 0 spiro atoms. The number of aliphatic hydroxyl groups is 1. The van der Waals surface area contributed by atoms with Crippen LogP contribution in [0.3, 0.4) is 0 Å². The number of hydrogen-bond donors (Lipinski definition) is 3. The van der Waals surface area contributed by atoms with Gasteiger partial charge in [0.05, 0.1) is 11.0 Å². The Labute approximate surface area is 171 Å². The first-order chi connectivity index (χ1) is 14.0. The van der Waals surface area contributed by atoms with Crippen LogP contribution in [0.5, 0.6) is 5.88 Å². The fraction of sp³-hybridized carbons (Fsp3) is 0.444. The van der Waals surface area contributed by atoms with Gasteiger partial charge in [-0.25, -0.2) is 18.5 Å². The summed E-state index contributed by atoms with van der Waals surface area (Å²) in [5.41, 5.74) is -0.809. The Hall–Kier alpha value is -2.44. The molecule has 164 valence electrons. The zero-order valence-corrected chi connectivity index (χ0v) is 16.6. The average molecular weight is 446 g/mol. The summed E-state index contributed by atoms with van der Waals surface area (Å²) in [4.78, 5) is 7.40. The summed E-state index contributed by atoms with van der Waals surface area (Å²) in [7, 11) is -3.87. The molecule has 1 aliphatic carbocycles. The van der Waals surface area contributed by atoms with E-state index in [1.807, 2.05) is 0 Å². The third kappa shape index (κ3) is 5.58. The van der Waals surface area contributed by atoms with Crippen LogP contribution in [0.25, 0.3) is 0 Å². The summed E-state index contributed by atoms with van der Waals surface area (Å²) in [6.45, 7) is 0. The number of rotatable bonds is 5. The Morgan fingerprint density at radius 2 is 1.80 bits per heavy atom. The molecule has 2 unspecified atom stereocenters. The van der Waals surface area contributed by atoms with Gasteiger partial charge in [0.2, 0.25) is 21.9 Å². The zero-order chi connectivity index (χ0) is 21.9. The van der Waals surface area contributed by atoms with Gasteiger partial charge >= 0.3 is 6.18 Å². The second kappa shape index (κ2) is 8.74. The van der Waals surface area contributed by atoms with Crippen LogP contribution in [-0.2, 0) is 16.2 Å². The van der Waals surface area contributed by atoms with Gasteiger partial charge in [0, 0.05) is 11.9 Å². The Kier molecular flexibility index (Phi) is 6.48. The fourth-order valence-electron chi connectivity index (χ4n) is 3.10. The van der Waals surface area contributed by atoms with E-state index in [1.54, 1.807) is 0 Å². The molecule has 1 aliphatic rings. The molecule has 1 heterocycles. The average Bonchev–Trinajstić information content (AvgIpc) is 2.85. The van der Waals surface area contributed by atoms with Gasteiger partial charge in [-0.3, -0.25) is 0 Å². The van der Waals surface area contributed by atoms with Crippen molar-refractivity contribution in [3.05, 3.63) is 36.0 Å². The number of alkyl halides is 3. The molecule has 1 fully saturated rings. The number of benzene rings is 1. The van der Waals surface area contributed by atoms with Crippen LogP contribution in [0.1, 0.15) is 37.7 Å². The number of anilines is 2. The van der Waals surface area contributed by atoms with Crippen LogP contribution >= 0.6 is 0 Å². The fourth-order valence-corrected chi connectivity index (χ4v) is 3.62. The Morgan fingerprint density at radius 1 is 1.13 bits per heavy atom. The van der Waals surface area contributed by atoms with Gasteiger partial charge in [0.1, 0.15) is 11.7 Å². The summed E-state index contributed by atoms with van der Waals surface area (Å²) in [6.07, 6.45) is -2.58. The maximum absolute atomic E-state index is 13.4.